The van der Waals surface area contributed by atoms with Gasteiger partial charge in [-0.15, -0.1) is 0 Å². The number of benzene rings is 2. The Labute approximate surface area is 125 Å². The van der Waals surface area contributed by atoms with Crippen LogP contribution in [0.3, 0.4) is 0 Å². The van der Waals surface area contributed by atoms with Gasteiger partial charge in [-0.2, -0.15) is 5.10 Å². The first-order valence-corrected chi connectivity index (χ1v) is 6.63. The Morgan fingerprint density at radius 3 is 2.62 bits per heavy atom. The molecular weight excluding hydrogens is 291 g/mol. The Morgan fingerprint density at radius 2 is 1.90 bits per heavy atom. The SMILES string of the molecule is O=C(c1cnn(-c2ccccc2)c1)c1ccc(F)cc1Cl. The number of nitrogens with zero attached hydrogens (tertiary/aromatic N) is 2. The lowest BCUT2D eigenvalue weighted by atomic mass is 10.1. The van der Waals surface area contributed by atoms with E-state index in [1.807, 2.05) is 30.3 Å². The predicted molar refractivity (Wildman–Crippen MR) is 78.4 cm³/mol. The van der Waals surface area contributed by atoms with E-state index >= 15 is 0 Å². The average molecular weight is 301 g/mol. The van der Waals surface area contributed by atoms with Crippen molar-refractivity contribution < 1.29 is 9.18 Å². The number of carbonyl (C=O) groups is 1. The van der Waals surface area contributed by atoms with Gasteiger partial charge in [0.15, 0.2) is 5.78 Å². The lowest BCUT2D eigenvalue weighted by Crippen LogP contribution is -2.01. The molecule has 0 amide bonds. The third-order valence-corrected chi connectivity index (χ3v) is 3.35. The van der Waals surface area contributed by atoms with Crippen LogP contribution in [0, 0.1) is 5.82 Å². The molecule has 3 rings (SSSR count). The van der Waals surface area contributed by atoms with Gasteiger partial charge >= 0.3 is 0 Å². The van der Waals surface area contributed by atoms with Crippen molar-refractivity contribution in [3.05, 3.63) is 82.9 Å². The molecule has 5 heteroatoms. The summed E-state index contributed by atoms with van der Waals surface area (Å²) in [5.41, 5.74) is 1.50. The van der Waals surface area contributed by atoms with Crippen LogP contribution in [-0.4, -0.2) is 15.6 Å². The van der Waals surface area contributed by atoms with Gasteiger partial charge < -0.3 is 0 Å². The van der Waals surface area contributed by atoms with Gasteiger partial charge in [-0.1, -0.05) is 29.8 Å². The number of hydrogen-bond acceptors (Lipinski definition) is 2. The van der Waals surface area contributed by atoms with Crippen molar-refractivity contribution in [2.75, 3.05) is 0 Å². The lowest BCUT2D eigenvalue weighted by Gasteiger charge is -2.02. The van der Waals surface area contributed by atoms with Crippen LogP contribution in [0.15, 0.2) is 60.9 Å². The van der Waals surface area contributed by atoms with Crippen LogP contribution in [0.5, 0.6) is 0 Å². The molecule has 0 atom stereocenters. The maximum absolute atomic E-state index is 13.0. The van der Waals surface area contributed by atoms with Crippen molar-refractivity contribution in [2.24, 2.45) is 0 Å². The van der Waals surface area contributed by atoms with Gasteiger partial charge in [0.05, 0.1) is 22.5 Å². The molecule has 21 heavy (non-hydrogen) atoms. The molecule has 0 fully saturated rings. The molecule has 3 nitrogen and oxygen atoms in total. The lowest BCUT2D eigenvalue weighted by molar-refractivity contribution is 0.103. The standard InChI is InChI=1S/C16H10ClFN2O/c17-15-8-12(18)6-7-14(15)16(21)11-9-19-20(10-11)13-4-2-1-3-5-13/h1-10H. The van der Waals surface area contributed by atoms with Gasteiger partial charge in [0.25, 0.3) is 0 Å². The molecule has 0 saturated carbocycles. The molecule has 0 unspecified atom stereocenters. The molecule has 0 spiro atoms. The summed E-state index contributed by atoms with van der Waals surface area (Å²) in [5, 5.41) is 4.25. The third kappa shape index (κ3) is 2.71. The highest BCUT2D eigenvalue weighted by molar-refractivity contribution is 6.34. The summed E-state index contributed by atoms with van der Waals surface area (Å²) >= 11 is 5.91. The van der Waals surface area contributed by atoms with E-state index in [9.17, 15) is 9.18 Å². The summed E-state index contributed by atoms with van der Waals surface area (Å²) in [7, 11) is 0. The number of hydrogen-bond donors (Lipinski definition) is 0. The Morgan fingerprint density at radius 1 is 1.14 bits per heavy atom. The van der Waals surface area contributed by atoms with Crippen molar-refractivity contribution in [3.8, 4) is 5.69 Å². The van der Waals surface area contributed by atoms with Gasteiger partial charge in [0, 0.05) is 11.8 Å². The first-order valence-electron chi connectivity index (χ1n) is 6.25. The highest BCUT2D eigenvalue weighted by Gasteiger charge is 2.15. The Hall–Kier alpha value is -2.46. The molecule has 0 saturated heterocycles. The number of para-hydroxylation sites is 1. The Bertz CT molecular complexity index is 799. The monoisotopic (exact) mass is 300 g/mol. The molecule has 1 aromatic heterocycles. The third-order valence-electron chi connectivity index (χ3n) is 3.04. The maximum atomic E-state index is 13.0. The van der Waals surface area contributed by atoms with Crippen molar-refractivity contribution in [1.29, 1.82) is 0 Å². The molecule has 0 bridgehead atoms. The van der Waals surface area contributed by atoms with E-state index in [0.29, 0.717) is 5.56 Å². The van der Waals surface area contributed by atoms with Gasteiger partial charge in [0.2, 0.25) is 0 Å². The zero-order chi connectivity index (χ0) is 14.8. The second-order valence-electron chi connectivity index (χ2n) is 4.46. The predicted octanol–water partition coefficient (Wildman–Crippen LogP) is 3.90. The molecule has 0 N–H and O–H groups in total. The highest BCUT2D eigenvalue weighted by Crippen LogP contribution is 2.21. The smallest absolute Gasteiger partial charge is 0.197 e. The van der Waals surface area contributed by atoms with Gasteiger partial charge in [0.1, 0.15) is 5.82 Å². The minimum absolute atomic E-state index is 0.0902. The molecule has 3 aromatic rings. The quantitative estimate of drug-likeness (QED) is 0.688. The summed E-state index contributed by atoms with van der Waals surface area (Å²) in [6.07, 6.45) is 3.09. The van der Waals surface area contributed by atoms with E-state index in [1.54, 1.807) is 10.9 Å². The molecule has 0 aliphatic rings. The minimum Gasteiger partial charge on any atom is -0.288 e. The summed E-state index contributed by atoms with van der Waals surface area (Å²) in [5.74, 6) is -0.765. The van der Waals surface area contributed by atoms with Crippen LogP contribution in [0.1, 0.15) is 15.9 Å². The second kappa shape index (κ2) is 5.50. The van der Waals surface area contributed by atoms with Crippen LogP contribution in [0.2, 0.25) is 5.02 Å². The summed E-state index contributed by atoms with van der Waals surface area (Å²) in [6, 6.07) is 13.1. The fourth-order valence-corrected chi connectivity index (χ4v) is 2.24. The van der Waals surface area contributed by atoms with Crippen molar-refractivity contribution in [1.82, 2.24) is 9.78 Å². The van der Waals surface area contributed by atoms with Gasteiger partial charge in [-0.25, -0.2) is 9.07 Å². The largest absolute Gasteiger partial charge is 0.288 e. The van der Waals surface area contributed by atoms with Crippen LogP contribution in [0.4, 0.5) is 4.39 Å². The van der Waals surface area contributed by atoms with E-state index in [2.05, 4.69) is 5.10 Å². The van der Waals surface area contributed by atoms with Gasteiger partial charge in [-0.3, -0.25) is 4.79 Å². The number of carbonyl (C=O) groups excluding carboxylic acids is 1. The van der Waals surface area contributed by atoms with Crippen molar-refractivity contribution in [2.45, 2.75) is 0 Å². The first-order chi connectivity index (χ1) is 10.1. The Kier molecular flexibility index (Phi) is 3.54. The van der Waals surface area contributed by atoms with E-state index < -0.39 is 5.82 Å². The molecule has 0 aliphatic heterocycles. The second-order valence-corrected chi connectivity index (χ2v) is 4.87. The van der Waals surface area contributed by atoms with Crippen LogP contribution < -0.4 is 0 Å². The van der Waals surface area contributed by atoms with E-state index in [0.717, 1.165) is 11.8 Å². The summed E-state index contributed by atoms with van der Waals surface area (Å²) in [4.78, 5) is 12.4. The zero-order valence-corrected chi connectivity index (χ0v) is 11.6. The number of ketones is 1. The van der Waals surface area contributed by atoms with E-state index in [4.69, 9.17) is 11.6 Å². The molecule has 0 aliphatic carbocycles. The number of halogens is 2. The van der Waals surface area contributed by atoms with Crippen molar-refractivity contribution in [3.63, 3.8) is 0 Å². The topological polar surface area (TPSA) is 34.9 Å². The molecule has 0 radical (unpaired) electrons. The fraction of sp³-hybridized carbons (Fsp3) is 0. The van der Waals surface area contributed by atoms with Crippen LogP contribution in [0.25, 0.3) is 5.69 Å². The van der Waals surface area contributed by atoms with E-state index in [-0.39, 0.29) is 16.4 Å². The van der Waals surface area contributed by atoms with Crippen molar-refractivity contribution >= 4 is 17.4 Å². The normalized spacial score (nSPS) is 10.6. The summed E-state index contributed by atoms with van der Waals surface area (Å²) < 4.78 is 14.6. The van der Waals surface area contributed by atoms with Crippen LogP contribution >= 0.6 is 11.6 Å². The first kappa shape index (κ1) is 13.5. The number of aromatic nitrogens is 2. The molecule has 2 aromatic carbocycles. The van der Waals surface area contributed by atoms with E-state index in [1.165, 1.54) is 18.3 Å². The Balaban J connectivity index is 1.94. The molecule has 1 heterocycles. The zero-order valence-electron chi connectivity index (χ0n) is 10.8. The molecular formula is C16H10ClFN2O. The summed E-state index contributed by atoms with van der Waals surface area (Å²) in [6.45, 7) is 0. The number of rotatable bonds is 3. The fourth-order valence-electron chi connectivity index (χ4n) is 1.99. The van der Waals surface area contributed by atoms with Gasteiger partial charge in [-0.05, 0) is 30.3 Å². The average Bonchev–Trinajstić information content (AvgIpc) is 2.97. The minimum atomic E-state index is -0.475. The maximum Gasteiger partial charge on any atom is 0.197 e. The molecule has 104 valence electrons. The van der Waals surface area contributed by atoms with Crippen LogP contribution in [-0.2, 0) is 0 Å². The highest BCUT2D eigenvalue weighted by atomic mass is 35.5.